The molecule has 1 aromatic heterocycles. The average molecular weight is 370 g/mol. The maximum atomic E-state index is 14.9. The fraction of sp³-hybridized carbons (Fsp3) is 0.474. The van der Waals surface area contributed by atoms with Crippen molar-refractivity contribution in [2.45, 2.75) is 19.4 Å². The van der Waals surface area contributed by atoms with Gasteiger partial charge in [-0.2, -0.15) is 5.26 Å². The van der Waals surface area contributed by atoms with Crippen LogP contribution in [0, 0.1) is 23.1 Å². The minimum atomic E-state index is -0.494. The van der Waals surface area contributed by atoms with Gasteiger partial charge in [-0.3, -0.25) is 14.8 Å². The van der Waals surface area contributed by atoms with Gasteiger partial charge in [-0.25, -0.2) is 4.39 Å². The van der Waals surface area contributed by atoms with E-state index < -0.39 is 5.82 Å². The first kappa shape index (κ1) is 19.0. The molecule has 2 aromatic rings. The molecule has 1 N–H and O–H groups in total. The first-order chi connectivity index (χ1) is 12.9. The van der Waals surface area contributed by atoms with E-state index in [1.807, 2.05) is 30.0 Å². The molecule has 1 saturated heterocycles. The van der Waals surface area contributed by atoms with Crippen molar-refractivity contribution in [2.24, 2.45) is 5.92 Å². The second kappa shape index (κ2) is 7.84. The Balaban J connectivity index is 1.93. The lowest BCUT2D eigenvalue weighted by molar-refractivity contribution is -0.122. The lowest BCUT2D eigenvalue weighted by Crippen LogP contribution is -2.52. The van der Waals surface area contributed by atoms with Crippen LogP contribution in [0.5, 0.6) is 0 Å². The Morgan fingerprint density at radius 1 is 1.37 bits per heavy atom. The number of hydrogen-bond donors (Lipinski definition) is 1. The van der Waals surface area contributed by atoms with Gasteiger partial charge in [-0.1, -0.05) is 6.92 Å². The molecule has 0 bridgehead atoms. The van der Waals surface area contributed by atoms with Crippen LogP contribution in [0.15, 0.2) is 18.5 Å². The minimum absolute atomic E-state index is 0.0519. The first-order valence-electron chi connectivity index (χ1n) is 8.91. The predicted octanol–water partition coefficient (Wildman–Crippen LogP) is 1.53. The molecule has 0 spiro atoms. The maximum absolute atomic E-state index is 14.9. The molecule has 0 saturated carbocycles. The Morgan fingerprint density at radius 2 is 2.07 bits per heavy atom. The molecule has 1 aliphatic rings. The minimum Gasteiger partial charge on any atom is -0.365 e. The molecule has 27 heavy (non-hydrogen) atoms. The highest BCUT2D eigenvalue weighted by molar-refractivity contribution is 5.92. The molecule has 1 amide bonds. The topological polar surface area (TPSA) is 85.2 Å². The van der Waals surface area contributed by atoms with Gasteiger partial charge in [0.15, 0.2) is 0 Å². The Hall–Kier alpha value is -2.79. The number of carbonyl (C=O) groups excluding carboxylic acids is 1. The first-order valence-corrected chi connectivity index (χ1v) is 8.91. The van der Waals surface area contributed by atoms with E-state index in [9.17, 15) is 14.4 Å². The van der Waals surface area contributed by atoms with Crippen LogP contribution in [0.1, 0.15) is 18.9 Å². The molecule has 1 aliphatic heterocycles. The molecule has 7 nitrogen and oxygen atoms in total. The second-order valence-corrected chi connectivity index (χ2v) is 7.37. The number of nitrogens with zero attached hydrogens (tertiary/aromatic N) is 5. The van der Waals surface area contributed by atoms with E-state index in [0.29, 0.717) is 36.4 Å². The summed E-state index contributed by atoms with van der Waals surface area (Å²) in [5.74, 6) is -0.277. The molecule has 2 heterocycles. The molecule has 3 rings (SSSR count). The van der Waals surface area contributed by atoms with Crippen LogP contribution in [0.2, 0.25) is 0 Å². The van der Waals surface area contributed by atoms with Gasteiger partial charge in [0.05, 0.1) is 12.1 Å². The summed E-state index contributed by atoms with van der Waals surface area (Å²) >= 11 is 0. The lowest BCUT2D eigenvalue weighted by Gasteiger charge is -2.38. The van der Waals surface area contributed by atoms with E-state index in [1.54, 1.807) is 0 Å². The van der Waals surface area contributed by atoms with Crippen LogP contribution in [-0.2, 0) is 4.79 Å². The van der Waals surface area contributed by atoms with Crippen molar-refractivity contribution in [3.05, 3.63) is 29.8 Å². The number of anilines is 1. The summed E-state index contributed by atoms with van der Waals surface area (Å²) in [6.45, 7) is 3.52. The molecule has 0 aliphatic carbocycles. The fourth-order valence-corrected chi connectivity index (χ4v) is 3.67. The molecule has 0 unspecified atom stereocenters. The molecular formula is C19H23FN6O. The van der Waals surface area contributed by atoms with Crippen LogP contribution in [0.4, 0.5) is 10.1 Å². The Morgan fingerprint density at radius 3 is 2.74 bits per heavy atom. The van der Waals surface area contributed by atoms with Crippen LogP contribution in [0.3, 0.4) is 0 Å². The van der Waals surface area contributed by atoms with Gasteiger partial charge >= 0.3 is 0 Å². The summed E-state index contributed by atoms with van der Waals surface area (Å²) in [5, 5.41) is 12.3. The van der Waals surface area contributed by atoms with Gasteiger partial charge in [0, 0.05) is 31.5 Å². The highest BCUT2D eigenvalue weighted by Gasteiger charge is 2.29. The number of benzene rings is 1. The van der Waals surface area contributed by atoms with Crippen molar-refractivity contribution >= 4 is 22.6 Å². The SMILES string of the molecule is C[C@H]1C[C@@H](NC(=O)CN(C)C)CN(c2c(F)cc(C#N)c3nccnc23)C1. The Kier molecular flexibility index (Phi) is 5.51. The summed E-state index contributed by atoms with van der Waals surface area (Å²) in [4.78, 5) is 24.3. The zero-order valence-electron chi connectivity index (χ0n) is 15.7. The number of fused-ring (bicyclic) bond motifs is 1. The highest BCUT2D eigenvalue weighted by atomic mass is 19.1. The standard InChI is InChI=1S/C19H23FN6O/c1-12-6-14(24-16(27)11-25(2)3)10-26(9-12)19-15(20)7-13(8-21)17-18(19)23-5-4-22-17/h4-5,7,12,14H,6,9-11H2,1-3H3,(H,24,27)/t12-,14+/m0/s1. The van der Waals surface area contributed by atoms with E-state index in [0.717, 1.165) is 6.42 Å². The molecule has 2 atom stereocenters. The van der Waals surface area contributed by atoms with Crippen molar-refractivity contribution in [2.75, 3.05) is 38.6 Å². The van der Waals surface area contributed by atoms with Crippen LogP contribution in [0.25, 0.3) is 11.0 Å². The zero-order valence-corrected chi connectivity index (χ0v) is 15.7. The Bertz CT molecular complexity index is 894. The lowest BCUT2D eigenvalue weighted by atomic mass is 9.95. The third kappa shape index (κ3) is 4.14. The quantitative estimate of drug-likeness (QED) is 0.879. The largest absolute Gasteiger partial charge is 0.365 e. The van der Waals surface area contributed by atoms with E-state index in [4.69, 9.17) is 0 Å². The monoisotopic (exact) mass is 370 g/mol. The van der Waals surface area contributed by atoms with Crippen molar-refractivity contribution < 1.29 is 9.18 Å². The number of halogens is 1. The molecule has 1 aromatic carbocycles. The zero-order chi connectivity index (χ0) is 19.6. The van der Waals surface area contributed by atoms with Crippen LogP contribution < -0.4 is 10.2 Å². The fourth-order valence-electron chi connectivity index (χ4n) is 3.67. The van der Waals surface area contributed by atoms with Gasteiger partial charge in [-0.15, -0.1) is 0 Å². The number of hydrogen-bond acceptors (Lipinski definition) is 6. The summed E-state index contributed by atoms with van der Waals surface area (Å²) in [6.07, 6.45) is 3.82. The number of nitriles is 1. The number of aromatic nitrogens is 2. The third-order valence-electron chi connectivity index (χ3n) is 4.60. The van der Waals surface area contributed by atoms with E-state index in [-0.39, 0.29) is 23.4 Å². The molecule has 0 radical (unpaired) electrons. The number of piperidine rings is 1. The predicted molar refractivity (Wildman–Crippen MR) is 101 cm³/mol. The molecule has 142 valence electrons. The van der Waals surface area contributed by atoms with Crippen LogP contribution >= 0.6 is 0 Å². The second-order valence-electron chi connectivity index (χ2n) is 7.37. The van der Waals surface area contributed by atoms with Crippen molar-refractivity contribution in [1.29, 1.82) is 5.26 Å². The number of amides is 1. The Labute approximate surface area is 157 Å². The highest BCUT2D eigenvalue weighted by Crippen LogP contribution is 2.32. The molecule has 8 heteroatoms. The van der Waals surface area contributed by atoms with Gasteiger partial charge in [0.25, 0.3) is 0 Å². The average Bonchev–Trinajstić information content (AvgIpc) is 2.59. The third-order valence-corrected chi connectivity index (χ3v) is 4.60. The van der Waals surface area contributed by atoms with Crippen LogP contribution in [-0.4, -0.2) is 60.5 Å². The normalized spacial score (nSPS) is 19.9. The smallest absolute Gasteiger partial charge is 0.234 e. The maximum Gasteiger partial charge on any atom is 0.234 e. The number of carbonyl (C=O) groups is 1. The van der Waals surface area contributed by atoms with Gasteiger partial charge in [0.2, 0.25) is 5.91 Å². The van der Waals surface area contributed by atoms with Crippen molar-refractivity contribution in [3.63, 3.8) is 0 Å². The van der Waals surface area contributed by atoms with Gasteiger partial charge in [-0.05, 0) is 32.5 Å². The van der Waals surface area contributed by atoms with Crippen molar-refractivity contribution in [1.82, 2.24) is 20.2 Å². The number of rotatable bonds is 4. The van der Waals surface area contributed by atoms with Gasteiger partial charge in [0.1, 0.15) is 28.6 Å². The van der Waals surface area contributed by atoms with E-state index in [1.165, 1.54) is 18.5 Å². The molecule has 1 fully saturated rings. The van der Waals surface area contributed by atoms with Crippen molar-refractivity contribution in [3.8, 4) is 6.07 Å². The number of nitrogens with one attached hydrogen (secondary N) is 1. The summed E-state index contributed by atoms with van der Waals surface area (Å²) < 4.78 is 14.9. The summed E-state index contributed by atoms with van der Waals surface area (Å²) in [6, 6.07) is 3.11. The molecular weight excluding hydrogens is 347 g/mol. The van der Waals surface area contributed by atoms with Gasteiger partial charge < -0.3 is 15.1 Å². The summed E-state index contributed by atoms with van der Waals surface area (Å²) in [5.41, 5.74) is 1.28. The van der Waals surface area contributed by atoms with E-state index >= 15 is 0 Å². The van der Waals surface area contributed by atoms with E-state index in [2.05, 4.69) is 22.2 Å². The summed E-state index contributed by atoms with van der Waals surface area (Å²) in [7, 11) is 3.68. The number of likely N-dealkylation sites (N-methyl/N-ethyl adjacent to an activating group) is 1.